The third-order valence-corrected chi connectivity index (χ3v) is 5.10. The zero-order chi connectivity index (χ0) is 13.6. The van der Waals surface area contributed by atoms with Crippen molar-refractivity contribution < 1.29 is 13.5 Å². The van der Waals surface area contributed by atoms with E-state index >= 15 is 0 Å². The summed E-state index contributed by atoms with van der Waals surface area (Å²) in [7, 11) is -3.55. The zero-order valence-electron chi connectivity index (χ0n) is 10.7. The molecular weight excluding hydrogens is 264 g/mol. The van der Waals surface area contributed by atoms with Crippen LogP contribution in [0.4, 0.5) is 0 Å². The van der Waals surface area contributed by atoms with Crippen LogP contribution in [0.2, 0.25) is 0 Å². The molecule has 0 spiro atoms. The van der Waals surface area contributed by atoms with Crippen LogP contribution in [-0.2, 0) is 10.0 Å². The van der Waals surface area contributed by atoms with Crippen molar-refractivity contribution in [1.29, 1.82) is 0 Å². The Labute approximate surface area is 112 Å². The third kappa shape index (κ3) is 2.04. The van der Waals surface area contributed by atoms with Crippen molar-refractivity contribution in [3.05, 3.63) is 29.8 Å². The van der Waals surface area contributed by atoms with Crippen LogP contribution in [0.15, 0.2) is 33.6 Å². The van der Waals surface area contributed by atoms with E-state index in [1.165, 1.54) is 0 Å². The van der Waals surface area contributed by atoms with Gasteiger partial charge in [0.2, 0.25) is 0 Å². The van der Waals surface area contributed by atoms with Crippen molar-refractivity contribution in [2.75, 3.05) is 13.1 Å². The van der Waals surface area contributed by atoms with Crippen LogP contribution in [0, 0.1) is 5.92 Å². The van der Waals surface area contributed by atoms with E-state index < -0.39 is 10.0 Å². The lowest BCUT2D eigenvalue weighted by Gasteiger charge is -2.35. The summed E-state index contributed by atoms with van der Waals surface area (Å²) < 4.78 is 27.9. The average molecular weight is 280 g/mol. The van der Waals surface area contributed by atoms with Crippen LogP contribution in [0.1, 0.15) is 18.9 Å². The molecule has 1 aromatic carbocycles. The molecule has 0 saturated carbocycles. The molecule has 5 nitrogen and oxygen atoms in total. The Balaban J connectivity index is 1.99. The minimum Gasteiger partial charge on any atom is -0.393 e. The Kier molecular flexibility index (Phi) is 2.87. The maximum atomic E-state index is 12.0. The molecule has 2 heterocycles. The fraction of sp³-hybridized carbons (Fsp3) is 0.462. The number of sulfonamides is 1. The standard InChI is InChI=1S/C13H16N2O3S/c1-9-8-15(7-6-11(9)16)13-10-4-2-3-5-12(10)19(17,18)14-13/h2-5,9,11,16H,6-8H2,1H3. The van der Waals surface area contributed by atoms with Crippen molar-refractivity contribution in [1.82, 2.24) is 4.90 Å². The monoisotopic (exact) mass is 280 g/mol. The molecule has 0 amide bonds. The molecule has 2 unspecified atom stereocenters. The Bertz CT molecular complexity index is 639. The Hall–Kier alpha value is -1.40. The second kappa shape index (κ2) is 4.31. The average Bonchev–Trinajstić information content (AvgIpc) is 2.66. The largest absolute Gasteiger partial charge is 0.393 e. The van der Waals surface area contributed by atoms with Gasteiger partial charge in [-0.1, -0.05) is 19.1 Å². The van der Waals surface area contributed by atoms with E-state index in [1.54, 1.807) is 18.2 Å². The molecule has 2 atom stereocenters. The highest BCUT2D eigenvalue weighted by Crippen LogP contribution is 2.29. The maximum absolute atomic E-state index is 12.0. The van der Waals surface area contributed by atoms with Gasteiger partial charge in [-0.25, -0.2) is 0 Å². The van der Waals surface area contributed by atoms with Crippen molar-refractivity contribution in [3.63, 3.8) is 0 Å². The van der Waals surface area contributed by atoms with E-state index in [2.05, 4.69) is 4.40 Å². The number of aliphatic hydroxyl groups excluding tert-OH is 1. The van der Waals surface area contributed by atoms with Gasteiger partial charge in [0.1, 0.15) is 4.90 Å². The van der Waals surface area contributed by atoms with Gasteiger partial charge >= 0.3 is 0 Å². The molecule has 1 aromatic rings. The summed E-state index contributed by atoms with van der Waals surface area (Å²) in [4.78, 5) is 2.24. The van der Waals surface area contributed by atoms with Crippen LogP contribution in [0.3, 0.4) is 0 Å². The quantitative estimate of drug-likeness (QED) is 0.764. The summed E-state index contributed by atoms with van der Waals surface area (Å²) in [6, 6.07) is 6.90. The molecule has 19 heavy (non-hydrogen) atoms. The summed E-state index contributed by atoms with van der Waals surface area (Å²) in [5, 5.41) is 9.75. The Morgan fingerprint density at radius 1 is 1.37 bits per heavy atom. The second-order valence-corrected chi connectivity index (χ2v) is 6.74. The zero-order valence-corrected chi connectivity index (χ0v) is 11.5. The van der Waals surface area contributed by atoms with Gasteiger partial charge < -0.3 is 10.0 Å². The van der Waals surface area contributed by atoms with Crippen LogP contribution in [0.5, 0.6) is 0 Å². The highest BCUT2D eigenvalue weighted by molar-refractivity contribution is 7.90. The van der Waals surface area contributed by atoms with E-state index in [0.717, 1.165) is 0 Å². The number of hydrogen-bond donors (Lipinski definition) is 1. The normalized spacial score (nSPS) is 28.9. The highest BCUT2D eigenvalue weighted by Gasteiger charge is 2.34. The van der Waals surface area contributed by atoms with Crippen LogP contribution >= 0.6 is 0 Å². The number of aliphatic hydroxyl groups is 1. The number of fused-ring (bicyclic) bond motifs is 1. The minimum atomic E-state index is -3.55. The van der Waals surface area contributed by atoms with Gasteiger partial charge in [-0.15, -0.1) is 4.40 Å². The highest BCUT2D eigenvalue weighted by atomic mass is 32.2. The topological polar surface area (TPSA) is 70.0 Å². The number of likely N-dealkylation sites (tertiary alicyclic amines) is 1. The molecule has 1 saturated heterocycles. The van der Waals surface area contributed by atoms with Crippen LogP contribution in [0.25, 0.3) is 0 Å². The molecular formula is C13H16N2O3S. The summed E-state index contributed by atoms with van der Waals surface area (Å²) in [6.07, 6.45) is 0.327. The number of amidine groups is 1. The lowest BCUT2D eigenvalue weighted by molar-refractivity contribution is 0.0592. The fourth-order valence-corrected chi connectivity index (χ4v) is 3.87. The minimum absolute atomic E-state index is 0.118. The molecule has 2 aliphatic heterocycles. The summed E-state index contributed by atoms with van der Waals surface area (Å²) in [5.41, 5.74) is 0.672. The summed E-state index contributed by atoms with van der Waals surface area (Å²) in [5.74, 6) is 0.640. The summed E-state index contributed by atoms with van der Waals surface area (Å²) >= 11 is 0. The number of nitrogens with zero attached hydrogens (tertiary/aromatic N) is 2. The molecule has 0 aliphatic carbocycles. The SMILES string of the molecule is CC1CN(C2=NS(=O)(=O)c3ccccc32)CCC1O. The first-order chi connectivity index (χ1) is 8.99. The Morgan fingerprint density at radius 2 is 2.11 bits per heavy atom. The number of benzene rings is 1. The van der Waals surface area contributed by atoms with Gasteiger partial charge in [-0.2, -0.15) is 8.42 Å². The maximum Gasteiger partial charge on any atom is 0.285 e. The van der Waals surface area contributed by atoms with Crippen molar-refractivity contribution in [3.8, 4) is 0 Å². The number of hydrogen-bond acceptors (Lipinski definition) is 4. The number of rotatable bonds is 0. The molecule has 0 aromatic heterocycles. The molecule has 1 fully saturated rings. The van der Waals surface area contributed by atoms with E-state index in [0.29, 0.717) is 30.9 Å². The third-order valence-electron chi connectivity index (χ3n) is 3.77. The molecule has 0 bridgehead atoms. The van der Waals surface area contributed by atoms with Crippen molar-refractivity contribution in [2.24, 2.45) is 10.3 Å². The van der Waals surface area contributed by atoms with Gasteiger partial charge in [0.25, 0.3) is 10.0 Å². The first-order valence-corrected chi connectivity index (χ1v) is 7.80. The molecule has 0 radical (unpaired) electrons. The second-order valence-electron chi connectivity index (χ2n) is 5.17. The van der Waals surface area contributed by atoms with Gasteiger partial charge in [-0.05, 0) is 24.5 Å². The van der Waals surface area contributed by atoms with Gasteiger partial charge in [0.05, 0.1) is 6.10 Å². The van der Waals surface area contributed by atoms with Gasteiger partial charge in [0.15, 0.2) is 5.84 Å². The fourth-order valence-electron chi connectivity index (χ4n) is 2.64. The molecule has 3 rings (SSSR count). The number of piperidine rings is 1. The molecule has 1 N–H and O–H groups in total. The van der Waals surface area contributed by atoms with E-state index in [4.69, 9.17) is 0 Å². The van der Waals surface area contributed by atoms with Gasteiger partial charge in [0, 0.05) is 18.7 Å². The lowest BCUT2D eigenvalue weighted by Crippen LogP contribution is -2.44. The van der Waals surface area contributed by atoms with E-state index in [-0.39, 0.29) is 16.9 Å². The van der Waals surface area contributed by atoms with E-state index in [1.807, 2.05) is 17.9 Å². The van der Waals surface area contributed by atoms with Gasteiger partial charge in [-0.3, -0.25) is 0 Å². The lowest BCUT2D eigenvalue weighted by atomic mass is 9.96. The molecule has 6 heteroatoms. The predicted octanol–water partition coefficient (Wildman–Crippen LogP) is 0.838. The van der Waals surface area contributed by atoms with E-state index in [9.17, 15) is 13.5 Å². The molecule has 2 aliphatic rings. The predicted molar refractivity (Wildman–Crippen MR) is 71.5 cm³/mol. The summed E-state index contributed by atoms with van der Waals surface area (Å²) in [6.45, 7) is 3.23. The molecule has 102 valence electrons. The van der Waals surface area contributed by atoms with Crippen LogP contribution < -0.4 is 0 Å². The Morgan fingerprint density at radius 3 is 2.84 bits per heavy atom. The first kappa shape index (κ1) is 12.6. The van der Waals surface area contributed by atoms with Crippen LogP contribution in [-0.4, -0.2) is 43.5 Å². The smallest absolute Gasteiger partial charge is 0.285 e. The van der Waals surface area contributed by atoms with Crippen molar-refractivity contribution in [2.45, 2.75) is 24.3 Å². The first-order valence-electron chi connectivity index (χ1n) is 6.36. The van der Waals surface area contributed by atoms with Crippen molar-refractivity contribution >= 4 is 15.9 Å².